The van der Waals surface area contributed by atoms with E-state index < -0.39 is 0 Å². The Kier molecular flexibility index (Phi) is 6.88. The standard InChI is InChI=1S/C23H29N3O3/c1-16-5-4-12-26(14-16)15-22(27)25-21-11-8-19(13-17(21)2)24-23(28)18-6-9-20(29-3)10-7-18/h6-11,13,16H,4-5,12,14-15H2,1-3H3,(H,24,28)(H,25,27). The number of benzene rings is 2. The van der Waals surface area contributed by atoms with Crippen LogP contribution in [0.15, 0.2) is 42.5 Å². The lowest BCUT2D eigenvalue weighted by Crippen LogP contribution is -2.39. The molecule has 0 bridgehead atoms. The number of likely N-dealkylation sites (tertiary alicyclic amines) is 1. The lowest BCUT2D eigenvalue weighted by molar-refractivity contribution is -0.117. The average Bonchev–Trinajstić information content (AvgIpc) is 2.70. The monoisotopic (exact) mass is 395 g/mol. The molecular weight excluding hydrogens is 366 g/mol. The first kappa shape index (κ1) is 20.9. The molecule has 1 atom stereocenters. The number of hydrogen-bond acceptors (Lipinski definition) is 4. The molecule has 0 radical (unpaired) electrons. The van der Waals surface area contributed by atoms with Crippen LogP contribution in [0.1, 0.15) is 35.7 Å². The highest BCUT2D eigenvalue weighted by Gasteiger charge is 2.19. The molecule has 2 N–H and O–H groups in total. The summed E-state index contributed by atoms with van der Waals surface area (Å²) in [5.74, 6) is 1.16. The molecule has 1 saturated heterocycles. The molecule has 0 saturated carbocycles. The van der Waals surface area contributed by atoms with Crippen LogP contribution in [0.4, 0.5) is 11.4 Å². The van der Waals surface area contributed by atoms with Crippen LogP contribution in [-0.4, -0.2) is 43.5 Å². The number of aryl methyl sites for hydroxylation is 1. The quantitative estimate of drug-likeness (QED) is 0.778. The molecular formula is C23H29N3O3. The minimum absolute atomic E-state index is 0.00258. The molecule has 2 aromatic carbocycles. The Morgan fingerprint density at radius 3 is 2.55 bits per heavy atom. The lowest BCUT2D eigenvalue weighted by Gasteiger charge is -2.30. The van der Waals surface area contributed by atoms with Gasteiger partial charge in [0.2, 0.25) is 5.91 Å². The van der Waals surface area contributed by atoms with Gasteiger partial charge in [0.25, 0.3) is 5.91 Å². The normalized spacial score (nSPS) is 16.9. The van der Waals surface area contributed by atoms with E-state index in [1.807, 2.05) is 19.1 Å². The zero-order chi connectivity index (χ0) is 20.8. The second-order valence-electron chi connectivity index (χ2n) is 7.74. The first-order valence-corrected chi connectivity index (χ1v) is 10.0. The second kappa shape index (κ2) is 9.56. The highest BCUT2D eigenvalue weighted by Crippen LogP contribution is 2.21. The molecule has 1 aliphatic heterocycles. The average molecular weight is 396 g/mol. The molecule has 29 heavy (non-hydrogen) atoms. The molecule has 3 rings (SSSR count). The summed E-state index contributed by atoms with van der Waals surface area (Å²) >= 11 is 0. The van der Waals surface area contributed by atoms with E-state index in [9.17, 15) is 9.59 Å². The van der Waals surface area contributed by atoms with Crippen LogP contribution in [0.5, 0.6) is 5.75 Å². The maximum Gasteiger partial charge on any atom is 0.255 e. The number of nitrogens with zero attached hydrogens (tertiary/aromatic N) is 1. The predicted molar refractivity (Wildman–Crippen MR) is 116 cm³/mol. The third-order valence-electron chi connectivity index (χ3n) is 5.22. The van der Waals surface area contributed by atoms with Gasteiger partial charge in [-0.3, -0.25) is 14.5 Å². The van der Waals surface area contributed by atoms with Crippen molar-refractivity contribution in [2.75, 3.05) is 37.4 Å². The van der Waals surface area contributed by atoms with E-state index in [1.165, 1.54) is 6.42 Å². The molecule has 0 spiro atoms. The molecule has 2 aromatic rings. The van der Waals surface area contributed by atoms with Gasteiger partial charge in [-0.2, -0.15) is 0 Å². The fourth-order valence-electron chi connectivity index (χ4n) is 3.65. The number of methoxy groups -OCH3 is 1. The number of carbonyl (C=O) groups is 2. The van der Waals surface area contributed by atoms with Crippen molar-refractivity contribution in [2.24, 2.45) is 5.92 Å². The molecule has 1 fully saturated rings. The number of rotatable bonds is 6. The minimum atomic E-state index is -0.192. The van der Waals surface area contributed by atoms with Crippen LogP contribution < -0.4 is 15.4 Å². The smallest absolute Gasteiger partial charge is 0.255 e. The summed E-state index contributed by atoms with van der Waals surface area (Å²) in [7, 11) is 1.59. The molecule has 2 amide bonds. The van der Waals surface area contributed by atoms with Gasteiger partial charge >= 0.3 is 0 Å². The Balaban J connectivity index is 1.57. The van der Waals surface area contributed by atoms with Crippen LogP contribution in [0, 0.1) is 12.8 Å². The van der Waals surface area contributed by atoms with E-state index in [-0.39, 0.29) is 11.8 Å². The van der Waals surface area contributed by atoms with Crippen LogP contribution in [0.2, 0.25) is 0 Å². The van der Waals surface area contributed by atoms with Crippen molar-refractivity contribution in [1.29, 1.82) is 0 Å². The van der Waals surface area contributed by atoms with Crippen molar-refractivity contribution >= 4 is 23.2 Å². The molecule has 1 unspecified atom stereocenters. The van der Waals surface area contributed by atoms with Gasteiger partial charge in [-0.05, 0) is 80.3 Å². The number of piperidine rings is 1. The molecule has 1 aliphatic rings. The van der Waals surface area contributed by atoms with E-state index in [4.69, 9.17) is 4.74 Å². The third-order valence-corrected chi connectivity index (χ3v) is 5.22. The van der Waals surface area contributed by atoms with Gasteiger partial charge in [0.05, 0.1) is 13.7 Å². The molecule has 1 heterocycles. The molecule has 0 aromatic heterocycles. The largest absolute Gasteiger partial charge is 0.497 e. The van der Waals surface area contributed by atoms with Gasteiger partial charge in [-0.15, -0.1) is 0 Å². The zero-order valence-electron chi connectivity index (χ0n) is 17.3. The summed E-state index contributed by atoms with van der Waals surface area (Å²) in [5, 5.41) is 5.88. The maximum atomic E-state index is 12.4. The summed E-state index contributed by atoms with van der Waals surface area (Å²) in [4.78, 5) is 27.0. The van der Waals surface area contributed by atoms with Crippen LogP contribution >= 0.6 is 0 Å². The van der Waals surface area contributed by atoms with Gasteiger partial charge < -0.3 is 15.4 Å². The van der Waals surface area contributed by atoms with Crippen molar-refractivity contribution < 1.29 is 14.3 Å². The number of anilines is 2. The predicted octanol–water partition coefficient (Wildman–Crippen LogP) is 3.93. The molecule has 0 aliphatic carbocycles. The topological polar surface area (TPSA) is 70.7 Å². The van der Waals surface area contributed by atoms with Crippen LogP contribution in [0.3, 0.4) is 0 Å². The highest BCUT2D eigenvalue weighted by molar-refractivity contribution is 6.04. The number of nitrogens with one attached hydrogen (secondary N) is 2. The van der Waals surface area contributed by atoms with Crippen molar-refractivity contribution in [2.45, 2.75) is 26.7 Å². The zero-order valence-corrected chi connectivity index (χ0v) is 17.3. The summed E-state index contributed by atoms with van der Waals surface area (Å²) in [6.45, 7) is 6.52. The summed E-state index contributed by atoms with van der Waals surface area (Å²) in [6.07, 6.45) is 2.39. The molecule has 154 valence electrons. The Bertz CT molecular complexity index is 864. The summed E-state index contributed by atoms with van der Waals surface area (Å²) < 4.78 is 5.11. The van der Waals surface area contributed by atoms with E-state index in [1.54, 1.807) is 37.4 Å². The molecule has 6 heteroatoms. The van der Waals surface area contributed by atoms with Crippen molar-refractivity contribution in [3.05, 3.63) is 53.6 Å². The number of carbonyl (C=O) groups excluding carboxylic acids is 2. The first-order chi connectivity index (χ1) is 13.9. The number of hydrogen-bond donors (Lipinski definition) is 2. The van der Waals surface area contributed by atoms with E-state index in [0.717, 1.165) is 30.8 Å². The van der Waals surface area contributed by atoms with E-state index >= 15 is 0 Å². The number of amides is 2. The Hall–Kier alpha value is -2.86. The molecule has 6 nitrogen and oxygen atoms in total. The third kappa shape index (κ3) is 5.81. The maximum absolute atomic E-state index is 12.4. The van der Waals surface area contributed by atoms with Gasteiger partial charge in [0.1, 0.15) is 5.75 Å². The van der Waals surface area contributed by atoms with Gasteiger partial charge in [-0.25, -0.2) is 0 Å². The Morgan fingerprint density at radius 1 is 1.14 bits per heavy atom. The fourth-order valence-corrected chi connectivity index (χ4v) is 3.65. The van der Waals surface area contributed by atoms with Crippen molar-refractivity contribution in [3.8, 4) is 5.75 Å². The first-order valence-electron chi connectivity index (χ1n) is 10.0. The van der Waals surface area contributed by atoms with E-state index in [0.29, 0.717) is 29.5 Å². The van der Waals surface area contributed by atoms with E-state index in [2.05, 4.69) is 22.5 Å². The Morgan fingerprint density at radius 2 is 1.90 bits per heavy atom. The second-order valence-corrected chi connectivity index (χ2v) is 7.74. The van der Waals surface area contributed by atoms with Gasteiger partial charge in [0.15, 0.2) is 0 Å². The Labute approximate surface area is 172 Å². The van der Waals surface area contributed by atoms with Crippen molar-refractivity contribution in [3.63, 3.8) is 0 Å². The van der Waals surface area contributed by atoms with Crippen LogP contribution in [-0.2, 0) is 4.79 Å². The summed E-state index contributed by atoms with van der Waals surface area (Å²) in [5.41, 5.74) is 2.91. The summed E-state index contributed by atoms with van der Waals surface area (Å²) in [6, 6.07) is 12.4. The van der Waals surface area contributed by atoms with Gasteiger partial charge in [-0.1, -0.05) is 6.92 Å². The van der Waals surface area contributed by atoms with Gasteiger partial charge in [0, 0.05) is 23.5 Å². The number of ether oxygens (including phenoxy) is 1. The fraction of sp³-hybridized carbons (Fsp3) is 0.391. The van der Waals surface area contributed by atoms with Crippen molar-refractivity contribution in [1.82, 2.24) is 4.90 Å². The lowest BCUT2D eigenvalue weighted by atomic mass is 10.0. The highest BCUT2D eigenvalue weighted by atomic mass is 16.5. The minimum Gasteiger partial charge on any atom is -0.497 e. The SMILES string of the molecule is COc1ccc(C(=O)Nc2ccc(NC(=O)CN3CCCC(C)C3)c(C)c2)cc1. The van der Waals surface area contributed by atoms with Crippen LogP contribution in [0.25, 0.3) is 0 Å².